The summed E-state index contributed by atoms with van der Waals surface area (Å²) in [7, 11) is 0. The molecular weight excluding hydrogens is 218 g/mol. The maximum Gasteiger partial charge on any atom is 0.252 e. The van der Waals surface area contributed by atoms with Gasteiger partial charge in [0, 0.05) is 12.8 Å². The van der Waals surface area contributed by atoms with Gasteiger partial charge in [0.25, 0.3) is 5.91 Å². The minimum Gasteiger partial charge on any atom is -0.493 e. The molecule has 1 rings (SSSR count). The van der Waals surface area contributed by atoms with Gasteiger partial charge in [0.15, 0.2) is 0 Å². The summed E-state index contributed by atoms with van der Waals surface area (Å²) < 4.78 is 5.44. The van der Waals surface area contributed by atoms with Crippen molar-refractivity contribution in [1.82, 2.24) is 0 Å². The van der Waals surface area contributed by atoms with Crippen LogP contribution in [0.15, 0.2) is 24.3 Å². The molecule has 0 aromatic heterocycles. The van der Waals surface area contributed by atoms with Crippen LogP contribution in [0.4, 0.5) is 0 Å². The van der Waals surface area contributed by atoms with Crippen molar-refractivity contribution in [3.63, 3.8) is 0 Å². The average Bonchev–Trinajstić information content (AvgIpc) is 2.34. The molecule has 0 fully saturated rings. The van der Waals surface area contributed by atoms with Gasteiger partial charge < -0.3 is 10.5 Å². The van der Waals surface area contributed by atoms with Crippen LogP contribution < -0.4 is 10.5 Å². The van der Waals surface area contributed by atoms with Crippen LogP contribution in [0.3, 0.4) is 0 Å². The smallest absolute Gasteiger partial charge is 0.252 e. The lowest BCUT2D eigenvalue weighted by atomic mass is 10.2. The molecule has 0 atom stereocenters. The quantitative estimate of drug-likeness (QED) is 0.734. The first-order chi connectivity index (χ1) is 8.15. The van der Waals surface area contributed by atoms with E-state index in [4.69, 9.17) is 10.5 Å². The summed E-state index contributed by atoms with van der Waals surface area (Å²) in [5, 5.41) is 0. The van der Waals surface area contributed by atoms with Crippen LogP contribution in [0.25, 0.3) is 0 Å². The third-order valence-electron chi connectivity index (χ3n) is 2.40. The number of primary amides is 1. The summed E-state index contributed by atoms with van der Waals surface area (Å²) in [5.74, 6) is 0.186. The van der Waals surface area contributed by atoms with E-state index in [2.05, 4.69) is 0 Å². The normalized spacial score (nSPS) is 9.94. The van der Waals surface area contributed by atoms with E-state index in [9.17, 15) is 9.59 Å². The largest absolute Gasteiger partial charge is 0.493 e. The minimum atomic E-state index is -0.509. The van der Waals surface area contributed by atoms with Gasteiger partial charge in [-0.2, -0.15) is 0 Å². The van der Waals surface area contributed by atoms with E-state index < -0.39 is 5.91 Å². The van der Waals surface area contributed by atoms with Crippen molar-refractivity contribution in [1.29, 1.82) is 0 Å². The fourth-order valence-electron chi connectivity index (χ4n) is 1.42. The number of carbonyl (C=O) groups excluding carboxylic acids is 2. The molecule has 1 aromatic carbocycles. The van der Waals surface area contributed by atoms with Crippen LogP contribution in [-0.4, -0.2) is 18.3 Å². The number of benzene rings is 1. The fourth-order valence-corrected chi connectivity index (χ4v) is 1.42. The van der Waals surface area contributed by atoms with E-state index in [1.54, 1.807) is 24.3 Å². The highest BCUT2D eigenvalue weighted by Crippen LogP contribution is 2.17. The molecule has 0 radical (unpaired) electrons. The number of ether oxygens (including phenoxy) is 1. The molecule has 0 spiro atoms. The number of amides is 1. The molecule has 92 valence electrons. The predicted octanol–water partition coefficient (Wildman–Crippen LogP) is 1.92. The molecule has 1 aromatic rings. The van der Waals surface area contributed by atoms with E-state index in [0.717, 1.165) is 0 Å². The minimum absolute atomic E-state index is 0.219. The van der Waals surface area contributed by atoms with Crippen molar-refractivity contribution in [3.05, 3.63) is 29.8 Å². The Kier molecular flexibility index (Phi) is 5.20. The molecule has 0 unspecified atom stereocenters. The number of nitrogens with two attached hydrogens (primary N) is 1. The summed E-state index contributed by atoms with van der Waals surface area (Å²) in [6.07, 6.45) is 1.72. The number of Topliss-reactive ketones (excluding diaryl/α,β-unsaturated/α-hetero) is 1. The van der Waals surface area contributed by atoms with E-state index >= 15 is 0 Å². The Morgan fingerprint density at radius 2 is 2.00 bits per heavy atom. The summed E-state index contributed by atoms with van der Waals surface area (Å²) >= 11 is 0. The van der Waals surface area contributed by atoms with Crippen molar-refractivity contribution >= 4 is 11.7 Å². The predicted molar refractivity (Wildman–Crippen MR) is 65.0 cm³/mol. The highest BCUT2D eigenvalue weighted by molar-refractivity contribution is 5.95. The van der Waals surface area contributed by atoms with Crippen molar-refractivity contribution in [2.24, 2.45) is 5.73 Å². The Labute approximate surface area is 101 Å². The van der Waals surface area contributed by atoms with Crippen LogP contribution in [0, 0.1) is 0 Å². The Hall–Kier alpha value is -1.84. The van der Waals surface area contributed by atoms with Gasteiger partial charge in [-0.25, -0.2) is 0 Å². The summed E-state index contributed by atoms with van der Waals surface area (Å²) in [6, 6.07) is 6.82. The van der Waals surface area contributed by atoms with Gasteiger partial charge in [0.2, 0.25) is 0 Å². The monoisotopic (exact) mass is 235 g/mol. The third-order valence-corrected chi connectivity index (χ3v) is 2.40. The Morgan fingerprint density at radius 3 is 2.65 bits per heavy atom. The maximum atomic E-state index is 11.1. The number of hydrogen-bond donors (Lipinski definition) is 1. The molecule has 4 heteroatoms. The number of carbonyl (C=O) groups is 2. The van der Waals surface area contributed by atoms with Crippen LogP contribution in [0.5, 0.6) is 5.75 Å². The lowest BCUT2D eigenvalue weighted by Gasteiger charge is -2.08. The van der Waals surface area contributed by atoms with Crippen molar-refractivity contribution in [3.8, 4) is 5.75 Å². The lowest BCUT2D eigenvalue weighted by Crippen LogP contribution is -2.13. The summed E-state index contributed by atoms with van der Waals surface area (Å²) in [5.41, 5.74) is 5.59. The second-order valence-electron chi connectivity index (χ2n) is 3.70. The fraction of sp³-hybridized carbons (Fsp3) is 0.385. The molecule has 0 aliphatic heterocycles. The Balaban J connectivity index is 2.46. The zero-order valence-corrected chi connectivity index (χ0v) is 9.94. The molecule has 4 nitrogen and oxygen atoms in total. The van der Waals surface area contributed by atoms with Gasteiger partial charge >= 0.3 is 0 Å². The second-order valence-corrected chi connectivity index (χ2v) is 3.70. The van der Waals surface area contributed by atoms with Crippen LogP contribution in [0.1, 0.15) is 36.5 Å². The standard InChI is InChI=1S/C13H17NO3/c1-2-10(15)6-5-9-17-12-8-4-3-7-11(12)13(14)16/h3-4,7-8H,2,5-6,9H2,1H3,(H2,14,16). The van der Waals surface area contributed by atoms with E-state index in [-0.39, 0.29) is 5.78 Å². The van der Waals surface area contributed by atoms with Gasteiger partial charge in [-0.05, 0) is 18.6 Å². The van der Waals surface area contributed by atoms with Gasteiger partial charge in [-0.15, -0.1) is 0 Å². The molecule has 2 N–H and O–H groups in total. The number of ketones is 1. The van der Waals surface area contributed by atoms with Gasteiger partial charge in [-0.3, -0.25) is 9.59 Å². The highest BCUT2D eigenvalue weighted by Gasteiger charge is 2.08. The van der Waals surface area contributed by atoms with E-state index in [0.29, 0.717) is 37.2 Å². The Morgan fingerprint density at radius 1 is 1.29 bits per heavy atom. The molecule has 0 bridgehead atoms. The van der Waals surface area contributed by atoms with Crippen LogP contribution >= 0.6 is 0 Å². The highest BCUT2D eigenvalue weighted by atomic mass is 16.5. The first-order valence-corrected chi connectivity index (χ1v) is 5.68. The molecule has 0 aliphatic rings. The molecule has 1 amide bonds. The first-order valence-electron chi connectivity index (χ1n) is 5.68. The number of hydrogen-bond acceptors (Lipinski definition) is 3. The molecule has 0 saturated heterocycles. The molecule has 17 heavy (non-hydrogen) atoms. The zero-order valence-electron chi connectivity index (χ0n) is 9.94. The van der Waals surface area contributed by atoms with Crippen molar-refractivity contribution in [2.75, 3.05) is 6.61 Å². The summed E-state index contributed by atoms with van der Waals surface area (Å²) in [4.78, 5) is 22.2. The van der Waals surface area contributed by atoms with E-state index in [1.165, 1.54) is 0 Å². The average molecular weight is 235 g/mol. The van der Waals surface area contributed by atoms with Crippen molar-refractivity contribution < 1.29 is 14.3 Å². The molecule has 0 heterocycles. The molecule has 0 saturated carbocycles. The van der Waals surface area contributed by atoms with E-state index in [1.807, 2.05) is 6.92 Å². The second kappa shape index (κ2) is 6.68. The topological polar surface area (TPSA) is 69.4 Å². The third kappa shape index (κ3) is 4.26. The zero-order chi connectivity index (χ0) is 12.7. The molecular formula is C13H17NO3. The van der Waals surface area contributed by atoms with Gasteiger partial charge in [0.05, 0.1) is 12.2 Å². The van der Waals surface area contributed by atoms with Crippen LogP contribution in [-0.2, 0) is 4.79 Å². The SMILES string of the molecule is CCC(=O)CCCOc1ccccc1C(N)=O. The van der Waals surface area contributed by atoms with Crippen molar-refractivity contribution in [2.45, 2.75) is 26.2 Å². The maximum absolute atomic E-state index is 11.1. The number of rotatable bonds is 7. The molecule has 0 aliphatic carbocycles. The van der Waals surface area contributed by atoms with Gasteiger partial charge in [-0.1, -0.05) is 19.1 Å². The number of para-hydroxylation sites is 1. The lowest BCUT2D eigenvalue weighted by molar-refractivity contribution is -0.118. The first kappa shape index (κ1) is 13.2. The Bertz CT molecular complexity index is 401. The van der Waals surface area contributed by atoms with Crippen LogP contribution in [0.2, 0.25) is 0 Å². The summed E-state index contributed by atoms with van der Waals surface area (Å²) in [6.45, 7) is 2.25. The van der Waals surface area contributed by atoms with Gasteiger partial charge in [0.1, 0.15) is 11.5 Å².